The summed E-state index contributed by atoms with van der Waals surface area (Å²) in [5, 5.41) is 26.8. The molecule has 0 unspecified atom stereocenters. The molecule has 8 heteroatoms. The summed E-state index contributed by atoms with van der Waals surface area (Å²) in [5.41, 5.74) is 5.01. The van der Waals surface area contributed by atoms with Gasteiger partial charge in [-0.3, -0.25) is 4.79 Å². The van der Waals surface area contributed by atoms with E-state index in [1.54, 1.807) is 0 Å². The van der Waals surface area contributed by atoms with E-state index in [1.807, 2.05) is 0 Å². The first-order valence-electron chi connectivity index (χ1n) is 3.92. The molecular formula is C8H11CaNO6. The van der Waals surface area contributed by atoms with Gasteiger partial charge in [-0.25, -0.2) is 0 Å². The molecule has 0 bridgehead atoms. The number of hydrogen-bond acceptors (Lipinski definition) is 6. The predicted molar refractivity (Wildman–Crippen MR) is 50.8 cm³/mol. The van der Waals surface area contributed by atoms with Gasteiger partial charge in [-0.05, 0) is 25.1 Å². The van der Waals surface area contributed by atoms with Crippen molar-refractivity contribution in [3.63, 3.8) is 0 Å². The van der Waals surface area contributed by atoms with Crippen molar-refractivity contribution in [2.45, 2.75) is 12.8 Å². The largest absolute Gasteiger partial charge is 2.00 e. The van der Waals surface area contributed by atoms with Gasteiger partial charge in [0.15, 0.2) is 0 Å². The molecule has 0 atom stereocenters. The molecule has 86 valence electrons. The third-order valence-corrected chi connectivity index (χ3v) is 0.950. The molecule has 0 radical (unpaired) electrons. The van der Waals surface area contributed by atoms with E-state index in [2.05, 4.69) is 0 Å². The predicted octanol–water partition coefficient (Wildman–Crippen LogP) is -3.53. The number of hydrogen-bond donors (Lipinski definition) is 2. The van der Waals surface area contributed by atoms with Crippen molar-refractivity contribution in [1.29, 1.82) is 0 Å². The maximum atomic E-state index is 9.70. The molecule has 0 aliphatic rings. The Morgan fingerprint density at radius 2 is 1.50 bits per heavy atom. The first kappa shape index (κ1) is 20.7. The van der Waals surface area contributed by atoms with E-state index in [4.69, 9.17) is 10.8 Å². The summed E-state index contributed by atoms with van der Waals surface area (Å²) in [6.07, 6.45) is 1.54. The Morgan fingerprint density at radius 1 is 1.12 bits per heavy atom. The van der Waals surface area contributed by atoms with Crippen LogP contribution in [-0.4, -0.2) is 67.3 Å². The summed E-state index contributed by atoms with van der Waals surface area (Å²) in [4.78, 5) is 28.5. The van der Waals surface area contributed by atoms with Crippen LogP contribution in [0.1, 0.15) is 12.8 Å². The maximum Gasteiger partial charge on any atom is 2.00 e. The van der Waals surface area contributed by atoms with Crippen molar-refractivity contribution in [3.8, 4) is 0 Å². The fourth-order valence-corrected chi connectivity index (χ4v) is 0.389. The Labute approximate surface area is 122 Å². The molecule has 0 saturated heterocycles. The van der Waals surface area contributed by atoms with Crippen LogP contribution in [0.5, 0.6) is 0 Å². The van der Waals surface area contributed by atoms with E-state index in [-0.39, 0.29) is 44.2 Å². The van der Waals surface area contributed by atoms with Gasteiger partial charge in [0.2, 0.25) is 0 Å². The molecule has 0 saturated carbocycles. The van der Waals surface area contributed by atoms with E-state index in [1.165, 1.54) is 0 Å². The summed E-state index contributed by atoms with van der Waals surface area (Å²) < 4.78 is 0. The fourth-order valence-electron chi connectivity index (χ4n) is 0.389. The van der Waals surface area contributed by atoms with Crippen molar-refractivity contribution in [1.82, 2.24) is 0 Å². The van der Waals surface area contributed by atoms with Crippen LogP contribution in [-0.2, 0) is 14.4 Å². The van der Waals surface area contributed by atoms with E-state index in [0.717, 1.165) is 0 Å². The van der Waals surface area contributed by atoms with Crippen LogP contribution in [0.3, 0.4) is 0 Å². The monoisotopic (exact) mass is 257 g/mol. The van der Waals surface area contributed by atoms with Gasteiger partial charge in [-0.1, -0.05) is 0 Å². The number of carbonyl (C=O) groups excluding carboxylic acids is 2. The van der Waals surface area contributed by atoms with E-state index < -0.39 is 17.9 Å². The second-order valence-electron chi connectivity index (χ2n) is 2.26. The molecule has 16 heavy (non-hydrogen) atoms. The molecular weight excluding hydrogens is 246 g/mol. The van der Waals surface area contributed by atoms with Gasteiger partial charge in [-0.2, -0.15) is 0 Å². The zero-order valence-electron chi connectivity index (χ0n) is 8.55. The Kier molecular flexibility index (Phi) is 18.6. The number of aliphatic carboxylic acids is 3. The molecule has 0 spiro atoms. The van der Waals surface area contributed by atoms with Crippen molar-refractivity contribution in [2.75, 3.05) is 6.54 Å². The molecule has 0 aliphatic heterocycles. The van der Waals surface area contributed by atoms with Crippen LogP contribution in [0.25, 0.3) is 0 Å². The first-order chi connectivity index (χ1) is 6.90. The molecule has 0 aliphatic carbocycles. The molecule has 0 rings (SSSR count). The summed E-state index contributed by atoms with van der Waals surface area (Å²) in [5.74, 6) is -3.87. The molecule has 0 amide bonds. The van der Waals surface area contributed by atoms with Gasteiger partial charge >= 0.3 is 43.7 Å². The molecule has 0 fully saturated rings. The van der Waals surface area contributed by atoms with Gasteiger partial charge in [0, 0.05) is 6.42 Å². The molecule has 0 aromatic carbocycles. The molecule has 0 aromatic rings. The average molecular weight is 257 g/mol. The van der Waals surface area contributed by atoms with E-state index in [9.17, 15) is 24.6 Å². The minimum absolute atomic E-state index is 0. The topological polar surface area (TPSA) is 144 Å². The van der Waals surface area contributed by atoms with Gasteiger partial charge in [0.1, 0.15) is 0 Å². The van der Waals surface area contributed by atoms with Crippen LogP contribution in [0.4, 0.5) is 0 Å². The van der Waals surface area contributed by atoms with Crippen LogP contribution in [0, 0.1) is 0 Å². The van der Waals surface area contributed by atoms with Crippen LogP contribution >= 0.6 is 0 Å². The van der Waals surface area contributed by atoms with Crippen molar-refractivity contribution < 1.29 is 29.7 Å². The van der Waals surface area contributed by atoms with Crippen LogP contribution in [0.15, 0.2) is 12.2 Å². The minimum Gasteiger partial charge on any atom is -0.545 e. The Morgan fingerprint density at radius 3 is 1.62 bits per heavy atom. The van der Waals surface area contributed by atoms with Crippen molar-refractivity contribution in [3.05, 3.63) is 12.2 Å². The third-order valence-electron chi connectivity index (χ3n) is 0.950. The normalized spacial score (nSPS) is 8.56. The van der Waals surface area contributed by atoms with E-state index in [0.29, 0.717) is 25.1 Å². The second kappa shape index (κ2) is 14.4. The number of nitrogens with two attached hydrogens (primary N) is 1. The van der Waals surface area contributed by atoms with Gasteiger partial charge in [0.05, 0.1) is 11.9 Å². The SMILES string of the molecule is NCCCC(=O)O.O=C([O-])/C=C/C(=O)[O-].[Ca+2]. The standard InChI is InChI=1S/C4H9NO2.C4H4O4.Ca/c5-3-1-2-4(6)7;5-3(6)1-2-4(7)8;/h1-3,5H2,(H,6,7);1-2H,(H,5,6)(H,7,8);/q;;+2/p-2/b;2-1+;. The third kappa shape index (κ3) is 29.2. The van der Waals surface area contributed by atoms with Crippen LogP contribution < -0.4 is 15.9 Å². The molecule has 7 nitrogen and oxygen atoms in total. The van der Waals surface area contributed by atoms with Gasteiger partial charge < -0.3 is 30.6 Å². The number of carbonyl (C=O) groups is 3. The first-order valence-corrected chi connectivity index (χ1v) is 3.92. The molecule has 0 heterocycles. The zero-order chi connectivity index (χ0) is 12.3. The average Bonchev–Trinajstić information content (AvgIpc) is 2.12. The number of rotatable bonds is 5. The van der Waals surface area contributed by atoms with Crippen LogP contribution in [0.2, 0.25) is 0 Å². The second-order valence-corrected chi connectivity index (χ2v) is 2.26. The minimum atomic E-state index is -1.55. The molecule has 3 N–H and O–H groups in total. The van der Waals surface area contributed by atoms with Gasteiger partial charge in [0.25, 0.3) is 0 Å². The Bertz CT molecular complexity index is 237. The summed E-state index contributed by atoms with van der Waals surface area (Å²) in [6, 6.07) is 0. The maximum absolute atomic E-state index is 9.70. The quantitative estimate of drug-likeness (QED) is 0.383. The smallest absolute Gasteiger partial charge is 0.545 e. The zero-order valence-corrected chi connectivity index (χ0v) is 10.8. The Balaban J connectivity index is -0.000000200. The fraction of sp³-hybridized carbons (Fsp3) is 0.375. The number of carboxylic acids is 3. The summed E-state index contributed by atoms with van der Waals surface area (Å²) >= 11 is 0. The molecule has 0 aromatic heterocycles. The summed E-state index contributed by atoms with van der Waals surface area (Å²) in [6.45, 7) is 0.465. The summed E-state index contributed by atoms with van der Waals surface area (Å²) in [7, 11) is 0. The van der Waals surface area contributed by atoms with Crippen molar-refractivity contribution >= 4 is 55.6 Å². The van der Waals surface area contributed by atoms with E-state index >= 15 is 0 Å². The van der Waals surface area contributed by atoms with Crippen molar-refractivity contribution in [2.24, 2.45) is 5.73 Å². The Hall–Kier alpha value is -0.630. The number of carboxylic acid groups (broad SMARTS) is 3. The van der Waals surface area contributed by atoms with Gasteiger partial charge in [-0.15, -0.1) is 0 Å².